The molecule has 108 valence electrons. The predicted molar refractivity (Wildman–Crippen MR) is 70.6 cm³/mol. The van der Waals surface area contributed by atoms with Crippen LogP contribution >= 0.6 is 0 Å². The molecule has 0 aromatic rings. The third-order valence-electron chi connectivity index (χ3n) is 3.39. The number of oxime groups is 1. The van der Waals surface area contributed by atoms with E-state index in [4.69, 9.17) is 10.9 Å². The largest absolute Gasteiger partial charge is 0.409 e. The van der Waals surface area contributed by atoms with Gasteiger partial charge in [-0.05, 0) is 19.3 Å². The molecule has 0 spiro atoms. The molecule has 1 heterocycles. The Labute approximate surface area is 113 Å². The number of likely N-dealkylation sites (tertiary alicyclic amines) is 1. The van der Waals surface area contributed by atoms with Gasteiger partial charge in [-0.3, -0.25) is 9.59 Å². The molecular formula is C12H22N4O3. The van der Waals surface area contributed by atoms with Crippen LogP contribution in [0, 0.1) is 5.92 Å². The highest BCUT2D eigenvalue weighted by atomic mass is 16.4. The first-order valence-electron chi connectivity index (χ1n) is 6.51. The highest BCUT2D eigenvalue weighted by molar-refractivity contribution is 6.02. The lowest BCUT2D eigenvalue weighted by atomic mass is 10.0. The van der Waals surface area contributed by atoms with Gasteiger partial charge in [0.15, 0.2) is 5.84 Å². The fraction of sp³-hybridized carbons (Fsp3) is 0.750. The Kier molecular flexibility index (Phi) is 5.59. The average molecular weight is 270 g/mol. The van der Waals surface area contributed by atoms with Gasteiger partial charge in [-0.25, -0.2) is 0 Å². The molecule has 0 bridgehead atoms. The van der Waals surface area contributed by atoms with Crippen LogP contribution in [0.2, 0.25) is 0 Å². The minimum atomic E-state index is -0.679. The van der Waals surface area contributed by atoms with Gasteiger partial charge in [-0.2, -0.15) is 0 Å². The Morgan fingerprint density at radius 2 is 2.00 bits per heavy atom. The van der Waals surface area contributed by atoms with Crippen molar-refractivity contribution in [3.8, 4) is 0 Å². The van der Waals surface area contributed by atoms with Crippen LogP contribution in [0.3, 0.4) is 0 Å². The van der Waals surface area contributed by atoms with Crippen LogP contribution in [-0.4, -0.2) is 59.3 Å². The molecule has 19 heavy (non-hydrogen) atoms. The normalized spacial score (nSPS) is 17.4. The summed E-state index contributed by atoms with van der Waals surface area (Å²) in [5, 5.41) is 11.5. The Morgan fingerprint density at radius 1 is 1.42 bits per heavy atom. The van der Waals surface area contributed by atoms with E-state index in [1.54, 1.807) is 18.9 Å². The first-order valence-corrected chi connectivity index (χ1v) is 6.51. The molecule has 1 aliphatic rings. The van der Waals surface area contributed by atoms with Crippen molar-refractivity contribution >= 4 is 17.6 Å². The number of amidine groups is 1. The number of nitrogens with two attached hydrogens (primary N) is 1. The molecule has 2 amide bonds. The lowest BCUT2D eigenvalue weighted by Gasteiger charge is -2.24. The van der Waals surface area contributed by atoms with Gasteiger partial charge in [0.2, 0.25) is 11.8 Å². The molecule has 0 saturated carbocycles. The summed E-state index contributed by atoms with van der Waals surface area (Å²) in [5.41, 5.74) is 5.48. The van der Waals surface area contributed by atoms with E-state index < -0.39 is 5.92 Å². The second-order valence-corrected chi connectivity index (χ2v) is 4.77. The SMILES string of the molecule is CCC(C(=O)N(C)CC(=O)N1CCCC1)C(N)=NO. The summed E-state index contributed by atoms with van der Waals surface area (Å²) in [7, 11) is 1.56. The number of nitrogens with zero attached hydrogens (tertiary/aromatic N) is 3. The van der Waals surface area contributed by atoms with E-state index in [9.17, 15) is 9.59 Å². The Balaban J connectivity index is 2.58. The maximum Gasteiger partial charge on any atom is 0.242 e. The highest BCUT2D eigenvalue weighted by Gasteiger charge is 2.27. The molecule has 7 heteroatoms. The first kappa shape index (κ1) is 15.3. The van der Waals surface area contributed by atoms with Crippen molar-refractivity contribution in [2.45, 2.75) is 26.2 Å². The second kappa shape index (κ2) is 6.96. The molecule has 1 rings (SSSR count). The Morgan fingerprint density at radius 3 is 2.47 bits per heavy atom. The Bertz CT molecular complexity index is 364. The van der Waals surface area contributed by atoms with E-state index in [0.29, 0.717) is 6.42 Å². The molecular weight excluding hydrogens is 248 g/mol. The predicted octanol–water partition coefficient (Wildman–Crippen LogP) is -0.160. The molecule has 0 aliphatic carbocycles. The molecule has 1 unspecified atom stereocenters. The van der Waals surface area contributed by atoms with E-state index in [0.717, 1.165) is 25.9 Å². The number of amides is 2. The lowest BCUT2D eigenvalue weighted by molar-refractivity contribution is -0.140. The number of hydrogen-bond acceptors (Lipinski definition) is 4. The van der Waals surface area contributed by atoms with Crippen LogP contribution in [0.4, 0.5) is 0 Å². The zero-order valence-corrected chi connectivity index (χ0v) is 11.5. The minimum Gasteiger partial charge on any atom is -0.409 e. The van der Waals surface area contributed by atoms with Gasteiger partial charge in [0.25, 0.3) is 0 Å². The van der Waals surface area contributed by atoms with Gasteiger partial charge >= 0.3 is 0 Å². The fourth-order valence-electron chi connectivity index (χ4n) is 2.19. The molecule has 1 atom stereocenters. The van der Waals surface area contributed by atoms with Crippen molar-refractivity contribution in [2.24, 2.45) is 16.8 Å². The summed E-state index contributed by atoms with van der Waals surface area (Å²) >= 11 is 0. The van der Waals surface area contributed by atoms with Gasteiger partial charge in [0.05, 0.1) is 12.5 Å². The number of carbonyl (C=O) groups is 2. The maximum absolute atomic E-state index is 12.1. The van der Waals surface area contributed by atoms with Crippen LogP contribution < -0.4 is 5.73 Å². The van der Waals surface area contributed by atoms with Crippen molar-refractivity contribution < 1.29 is 14.8 Å². The quantitative estimate of drug-likeness (QED) is 0.314. The summed E-state index contributed by atoms with van der Waals surface area (Å²) in [6.07, 6.45) is 2.47. The molecule has 1 fully saturated rings. The van der Waals surface area contributed by atoms with Crippen LogP contribution in [-0.2, 0) is 9.59 Å². The third kappa shape index (κ3) is 3.84. The van der Waals surface area contributed by atoms with Crippen molar-refractivity contribution in [1.82, 2.24) is 9.80 Å². The van der Waals surface area contributed by atoms with Gasteiger partial charge < -0.3 is 20.7 Å². The molecule has 7 nitrogen and oxygen atoms in total. The number of likely N-dealkylation sites (N-methyl/N-ethyl adjacent to an activating group) is 1. The van der Waals surface area contributed by atoms with Crippen molar-refractivity contribution in [3.63, 3.8) is 0 Å². The number of carbonyl (C=O) groups excluding carboxylic acids is 2. The summed E-state index contributed by atoms with van der Waals surface area (Å²) in [6.45, 7) is 3.33. The first-order chi connectivity index (χ1) is 9.01. The standard InChI is InChI=1S/C12H22N4O3/c1-3-9(11(13)14-19)12(18)15(2)8-10(17)16-6-4-5-7-16/h9,19H,3-8H2,1-2H3,(H2,13,14). The van der Waals surface area contributed by atoms with Crippen LogP contribution in [0.15, 0.2) is 5.16 Å². The lowest BCUT2D eigenvalue weighted by Crippen LogP contribution is -2.44. The molecule has 0 radical (unpaired) electrons. The average Bonchev–Trinajstić information content (AvgIpc) is 2.92. The Hall–Kier alpha value is -1.79. The minimum absolute atomic E-state index is 0.0358. The highest BCUT2D eigenvalue weighted by Crippen LogP contribution is 2.10. The van der Waals surface area contributed by atoms with E-state index in [-0.39, 0.29) is 24.2 Å². The van der Waals surface area contributed by atoms with Crippen molar-refractivity contribution in [1.29, 1.82) is 0 Å². The summed E-state index contributed by atoms with van der Waals surface area (Å²) in [4.78, 5) is 27.1. The topological polar surface area (TPSA) is 99.2 Å². The second-order valence-electron chi connectivity index (χ2n) is 4.77. The summed E-state index contributed by atoms with van der Waals surface area (Å²) in [5.74, 6) is -1.15. The van der Waals surface area contributed by atoms with Crippen LogP contribution in [0.5, 0.6) is 0 Å². The molecule has 3 N–H and O–H groups in total. The van der Waals surface area contributed by atoms with E-state index in [1.165, 1.54) is 4.90 Å². The van der Waals surface area contributed by atoms with Gasteiger partial charge in [-0.1, -0.05) is 12.1 Å². The molecule has 1 aliphatic heterocycles. The van der Waals surface area contributed by atoms with Crippen LogP contribution in [0.1, 0.15) is 26.2 Å². The van der Waals surface area contributed by atoms with Crippen molar-refractivity contribution in [3.05, 3.63) is 0 Å². The molecule has 0 aromatic heterocycles. The van der Waals surface area contributed by atoms with Crippen molar-refractivity contribution in [2.75, 3.05) is 26.7 Å². The van der Waals surface area contributed by atoms with E-state index >= 15 is 0 Å². The third-order valence-corrected chi connectivity index (χ3v) is 3.39. The van der Waals surface area contributed by atoms with Gasteiger partial charge in [-0.15, -0.1) is 0 Å². The summed E-state index contributed by atoms with van der Waals surface area (Å²) < 4.78 is 0. The zero-order chi connectivity index (χ0) is 14.4. The van der Waals surface area contributed by atoms with E-state index in [1.807, 2.05) is 0 Å². The zero-order valence-electron chi connectivity index (χ0n) is 11.5. The number of rotatable bonds is 5. The molecule has 1 saturated heterocycles. The van der Waals surface area contributed by atoms with Crippen LogP contribution in [0.25, 0.3) is 0 Å². The summed E-state index contributed by atoms with van der Waals surface area (Å²) in [6, 6.07) is 0. The molecule has 0 aromatic carbocycles. The van der Waals surface area contributed by atoms with Gasteiger partial charge in [0.1, 0.15) is 0 Å². The monoisotopic (exact) mass is 270 g/mol. The maximum atomic E-state index is 12.1. The fourth-order valence-corrected chi connectivity index (χ4v) is 2.19. The number of hydrogen-bond donors (Lipinski definition) is 2. The smallest absolute Gasteiger partial charge is 0.242 e. The van der Waals surface area contributed by atoms with E-state index in [2.05, 4.69) is 5.16 Å². The van der Waals surface area contributed by atoms with Gasteiger partial charge in [0, 0.05) is 20.1 Å².